The number of carbonyl (C=O) groups excluding carboxylic acids is 2. The van der Waals surface area contributed by atoms with Gasteiger partial charge >= 0.3 is 0 Å². The van der Waals surface area contributed by atoms with Gasteiger partial charge in [-0.25, -0.2) is 4.39 Å². The molecular formula is C23H27FO4. The Hall–Kier alpha value is -2.69. The second-order valence-corrected chi connectivity index (χ2v) is 6.93. The van der Waals surface area contributed by atoms with Crippen LogP contribution in [0.25, 0.3) is 6.08 Å². The number of hydrogen-bond donors (Lipinski definition) is 1. The van der Waals surface area contributed by atoms with Crippen LogP contribution in [0.4, 0.5) is 4.39 Å². The summed E-state index contributed by atoms with van der Waals surface area (Å²) in [5.74, 6) is -1.48. The van der Waals surface area contributed by atoms with Gasteiger partial charge < -0.3 is 9.84 Å². The van der Waals surface area contributed by atoms with Crippen LogP contribution < -0.4 is 0 Å². The van der Waals surface area contributed by atoms with Crippen molar-refractivity contribution in [2.75, 3.05) is 7.11 Å². The fourth-order valence-corrected chi connectivity index (χ4v) is 3.80. The summed E-state index contributed by atoms with van der Waals surface area (Å²) in [4.78, 5) is 26.1. The van der Waals surface area contributed by atoms with Crippen molar-refractivity contribution in [3.63, 3.8) is 0 Å². The van der Waals surface area contributed by atoms with Crippen molar-refractivity contribution in [3.8, 4) is 0 Å². The van der Waals surface area contributed by atoms with Crippen molar-refractivity contribution < 1.29 is 23.8 Å². The number of hydrogen-bond acceptors (Lipinski definition) is 4. The average molecular weight is 386 g/mol. The maximum atomic E-state index is 13.9. The lowest BCUT2D eigenvalue weighted by molar-refractivity contribution is -0.128. The minimum atomic E-state index is -0.986. The summed E-state index contributed by atoms with van der Waals surface area (Å²) in [6.07, 6.45) is 3.77. The smallest absolute Gasteiger partial charge is 0.193 e. The quantitative estimate of drug-likeness (QED) is 0.515. The first-order valence-corrected chi connectivity index (χ1v) is 9.51. The minimum absolute atomic E-state index is 0.248. The monoisotopic (exact) mass is 386 g/mol. The third-order valence-corrected chi connectivity index (χ3v) is 5.47. The predicted octanol–water partition coefficient (Wildman–Crippen LogP) is 5.23. The summed E-state index contributed by atoms with van der Waals surface area (Å²) in [6, 6.07) is 4.57. The van der Waals surface area contributed by atoms with Crippen LogP contribution in [0.2, 0.25) is 0 Å². The minimum Gasteiger partial charge on any atom is -0.507 e. The maximum Gasteiger partial charge on any atom is 0.193 e. The Balaban J connectivity index is 2.57. The van der Waals surface area contributed by atoms with E-state index in [9.17, 15) is 19.1 Å². The lowest BCUT2D eigenvalue weighted by Crippen LogP contribution is -2.40. The molecule has 1 N–H and O–H groups in total. The van der Waals surface area contributed by atoms with E-state index in [1.807, 2.05) is 27.7 Å². The molecule has 28 heavy (non-hydrogen) atoms. The molecule has 0 aromatic heterocycles. The first kappa shape index (κ1) is 21.6. The molecule has 0 atom stereocenters. The third-order valence-electron chi connectivity index (χ3n) is 5.47. The lowest BCUT2D eigenvalue weighted by atomic mass is 9.68. The van der Waals surface area contributed by atoms with Crippen LogP contribution in [0.1, 0.15) is 51.2 Å². The standard InChI is InChI=1S/C23H27FO4/c1-6-16-20(26)19(21(27)23(7-2,8-3)22(16)28-5)18(25)12-10-15-13-14(4)9-11-17(15)24/h9-13,26H,6-8H2,1-5H3/b12-10+. The molecule has 1 aromatic carbocycles. The topological polar surface area (TPSA) is 63.6 Å². The molecule has 0 unspecified atom stereocenters. The maximum absolute atomic E-state index is 13.9. The molecule has 0 spiro atoms. The fourth-order valence-electron chi connectivity index (χ4n) is 3.80. The van der Waals surface area contributed by atoms with Crippen LogP contribution in [-0.4, -0.2) is 23.8 Å². The Morgan fingerprint density at radius 1 is 1.25 bits per heavy atom. The van der Waals surface area contributed by atoms with Gasteiger partial charge in [0.15, 0.2) is 11.6 Å². The number of ketones is 2. The number of allylic oxidation sites excluding steroid dienone is 4. The zero-order chi connectivity index (χ0) is 21.1. The second kappa shape index (κ2) is 8.55. The Labute approximate surface area is 165 Å². The SMILES string of the molecule is CCC1=C(OC)C(CC)(CC)C(=O)C(C(=O)/C=C/c2cc(C)ccc2F)=C1O. The van der Waals surface area contributed by atoms with Gasteiger partial charge in [-0.3, -0.25) is 9.59 Å². The first-order chi connectivity index (χ1) is 13.3. The molecule has 0 radical (unpaired) electrons. The van der Waals surface area contributed by atoms with Crippen LogP contribution in [0.3, 0.4) is 0 Å². The van der Waals surface area contributed by atoms with Crippen molar-refractivity contribution in [3.05, 3.63) is 63.9 Å². The van der Waals surface area contributed by atoms with Crippen LogP contribution in [0, 0.1) is 18.2 Å². The Bertz CT molecular complexity index is 886. The fraction of sp³-hybridized carbons (Fsp3) is 0.391. The van der Waals surface area contributed by atoms with Crippen molar-refractivity contribution in [2.45, 2.75) is 47.0 Å². The molecule has 0 fully saturated rings. The molecule has 4 nitrogen and oxygen atoms in total. The van der Waals surface area contributed by atoms with E-state index in [0.29, 0.717) is 30.6 Å². The molecule has 0 saturated heterocycles. The van der Waals surface area contributed by atoms with Crippen molar-refractivity contribution >= 4 is 17.6 Å². The van der Waals surface area contributed by atoms with Gasteiger partial charge in [0.25, 0.3) is 0 Å². The summed E-state index contributed by atoms with van der Waals surface area (Å²) in [5, 5.41) is 10.7. The summed E-state index contributed by atoms with van der Waals surface area (Å²) in [6.45, 7) is 7.36. The van der Waals surface area contributed by atoms with E-state index in [-0.39, 0.29) is 16.9 Å². The molecule has 1 aliphatic carbocycles. The van der Waals surface area contributed by atoms with E-state index in [2.05, 4.69) is 0 Å². The first-order valence-electron chi connectivity index (χ1n) is 9.51. The molecule has 1 aliphatic rings. The number of Topliss-reactive ketones (excluding diaryl/α,β-unsaturated/α-hetero) is 1. The Kier molecular flexibility index (Phi) is 6.60. The number of methoxy groups -OCH3 is 1. The summed E-state index contributed by atoms with van der Waals surface area (Å²) in [7, 11) is 1.47. The molecule has 0 amide bonds. The zero-order valence-corrected chi connectivity index (χ0v) is 17.1. The molecule has 0 bridgehead atoms. The van der Waals surface area contributed by atoms with Gasteiger partial charge in [-0.2, -0.15) is 0 Å². The predicted molar refractivity (Wildman–Crippen MR) is 107 cm³/mol. The average Bonchev–Trinajstić information content (AvgIpc) is 2.68. The molecule has 0 aliphatic heterocycles. The van der Waals surface area contributed by atoms with Crippen molar-refractivity contribution in [1.82, 2.24) is 0 Å². The van der Waals surface area contributed by atoms with Gasteiger partial charge in [-0.1, -0.05) is 32.4 Å². The van der Waals surface area contributed by atoms with Gasteiger partial charge in [-0.05, 0) is 50.5 Å². The van der Waals surface area contributed by atoms with E-state index in [1.165, 1.54) is 19.3 Å². The largest absolute Gasteiger partial charge is 0.507 e. The van der Waals surface area contributed by atoms with E-state index >= 15 is 0 Å². The van der Waals surface area contributed by atoms with E-state index in [1.54, 1.807) is 12.1 Å². The number of ether oxygens (including phenoxy) is 1. The number of aryl methyl sites for hydroxylation is 1. The summed E-state index contributed by atoms with van der Waals surface area (Å²) < 4.78 is 19.5. The Morgan fingerprint density at radius 3 is 2.43 bits per heavy atom. The van der Waals surface area contributed by atoms with Gasteiger partial charge in [-0.15, -0.1) is 0 Å². The summed E-state index contributed by atoms with van der Waals surface area (Å²) in [5.41, 5.74) is 0.314. The van der Waals surface area contributed by atoms with Gasteiger partial charge in [0.2, 0.25) is 0 Å². The number of aliphatic hydroxyl groups excluding tert-OH is 1. The van der Waals surface area contributed by atoms with Crippen LogP contribution in [0.15, 0.2) is 46.9 Å². The number of aliphatic hydroxyl groups is 1. The van der Waals surface area contributed by atoms with Crippen molar-refractivity contribution in [2.24, 2.45) is 5.41 Å². The zero-order valence-electron chi connectivity index (χ0n) is 17.1. The number of benzene rings is 1. The molecule has 2 rings (SSSR count). The third kappa shape index (κ3) is 3.53. The van der Waals surface area contributed by atoms with E-state index < -0.39 is 22.8 Å². The highest BCUT2D eigenvalue weighted by atomic mass is 19.1. The highest BCUT2D eigenvalue weighted by Crippen LogP contribution is 2.46. The highest BCUT2D eigenvalue weighted by molar-refractivity contribution is 6.28. The van der Waals surface area contributed by atoms with Crippen molar-refractivity contribution in [1.29, 1.82) is 0 Å². The van der Waals surface area contributed by atoms with Crippen LogP contribution in [0.5, 0.6) is 0 Å². The molecule has 0 saturated carbocycles. The van der Waals surface area contributed by atoms with Gasteiger partial charge in [0, 0.05) is 11.1 Å². The van der Waals surface area contributed by atoms with E-state index in [4.69, 9.17) is 4.74 Å². The van der Waals surface area contributed by atoms with Crippen LogP contribution >= 0.6 is 0 Å². The van der Waals surface area contributed by atoms with Crippen LogP contribution in [-0.2, 0) is 14.3 Å². The lowest BCUT2D eigenvalue weighted by Gasteiger charge is -2.37. The molecule has 5 heteroatoms. The molecule has 150 valence electrons. The second-order valence-electron chi connectivity index (χ2n) is 6.93. The molecular weight excluding hydrogens is 359 g/mol. The normalized spacial score (nSPS) is 16.9. The highest BCUT2D eigenvalue weighted by Gasteiger charge is 2.49. The molecule has 0 heterocycles. The van der Waals surface area contributed by atoms with Gasteiger partial charge in [0.1, 0.15) is 22.9 Å². The number of rotatable bonds is 7. The Morgan fingerprint density at radius 2 is 1.89 bits per heavy atom. The van der Waals surface area contributed by atoms with Gasteiger partial charge in [0.05, 0.1) is 12.5 Å². The number of carbonyl (C=O) groups is 2. The van der Waals surface area contributed by atoms with E-state index in [0.717, 1.165) is 11.6 Å². The summed E-state index contributed by atoms with van der Waals surface area (Å²) >= 11 is 0. The molecule has 1 aromatic rings. The number of halogens is 1.